The Hall–Kier alpha value is -3.81. The summed E-state index contributed by atoms with van der Waals surface area (Å²) in [4.78, 5) is 43.9. The summed E-state index contributed by atoms with van der Waals surface area (Å²) in [6.45, 7) is 6.42. The molecule has 374 valence electrons. The second-order valence-corrected chi connectivity index (χ2v) is 22.6. The van der Waals surface area contributed by atoms with E-state index < -0.39 is 75.5 Å². The fourth-order valence-electron chi connectivity index (χ4n) is 9.45. The van der Waals surface area contributed by atoms with E-state index in [1.807, 2.05) is 73.4 Å². The smallest absolute Gasteiger partial charge is 0.748 e. The second-order valence-electron chi connectivity index (χ2n) is 18.2. The average Bonchev–Trinajstić information content (AvgIpc) is 3.71. The molecular formula is C49H53N3Na2O15S3. The summed E-state index contributed by atoms with van der Waals surface area (Å²) in [5.41, 5.74) is 4.25. The van der Waals surface area contributed by atoms with Gasteiger partial charge in [0.15, 0.2) is 5.71 Å². The molecular weight excluding hydrogens is 1010 g/mol. The number of carbonyl (C=O) groups is 3. The van der Waals surface area contributed by atoms with Crippen molar-refractivity contribution in [1.29, 1.82) is 0 Å². The van der Waals surface area contributed by atoms with E-state index in [0.717, 1.165) is 28.5 Å². The van der Waals surface area contributed by atoms with Gasteiger partial charge < -0.3 is 32.9 Å². The summed E-state index contributed by atoms with van der Waals surface area (Å²) < 4.78 is 121. The predicted molar refractivity (Wildman–Crippen MR) is 255 cm³/mol. The molecule has 0 N–H and O–H groups in total. The molecule has 72 heavy (non-hydrogen) atoms. The molecule has 7 rings (SSSR count). The van der Waals surface area contributed by atoms with Crippen molar-refractivity contribution < 1.29 is 131 Å². The Balaban J connectivity index is 0.00000481. The molecule has 1 atom stereocenters. The Morgan fingerprint density at radius 1 is 0.861 bits per heavy atom. The Morgan fingerprint density at radius 2 is 1.53 bits per heavy atom. The van der Waals surface area contributed by atoms with Crippen molar-refractivity contribution in [3.8, 4) is 5.75 Å². The van der Waals surface area contributed by atoms with Crippen LogP contribution in [0.3, 0.4) is 0 Å². The van der Waals surface area contributed by atoms with Gasteiger partial charge in [-0.05, 0) is 81.9 Å². The molecule has 23 heteroatoms. The van der Waals surface area contributed by atoms with Crippen LogP contribution in [-0.4, -0.2) is 116 Å². The Morgan fingerprint density at radius 3 is 2.17 bits per heavy atom. The Bertz CT molecular complexity index is 3100. The van der Waals surface area contributed by atoms with Gasteiger partial charge in [0.05, 0.1) is 42.7 Å². The molecule has 0 saturated carbocycles. The number of rotatable bonds is 20. The summed E-state index contributed by atoms with van der Waals surface area (Å²) in [6.07, 6.45) is 9.58. The monoisotopic (exact) mass is 1070 g/mol. The van der Waals surface area contributed by atoms with Crippen LogP contribution >= 0.6 is 0 Å². The van der Waals surface area contributed by atoms with E-state index in [1.165, 1.54) is 12.1 Å². The van der Waals surface area contributed by atoms with E-state index in [0.29, 0.717) is 57.7 Å². The summed E-state index contributed by atoms with van der Waals surface area (Å²) in [6, 6.07) is 17.1. The molecule has 1 saturated heterocycles. The molecule has 1 unspecified atom stereocenters. The zero-order chi connectivity index (χ0) is 50.8. The number of amides is 2. The summed E-state index contributed by atoms with van der Waals surface area (Å²) in [5, 5.41) is 0.445. The van der Waals surface area contributed by atoms with Crippen molar-refractivity contribution >= 4 is 82.1 Å². The van der Waals surface area contributed by atoms with Crippen LogP contribution in [0.15, 0.2) is 95.9 Å². The maximum absolute atomic E-state index is 13.0. The topological polar surface area (TPSA) is 260 Å². The Kier molecular flexibility index (Phi) is 19.5. The van der Waals surface area contributed by atoms with E-state index >= 15 is 0 Å². The number of imide groups is 1. The molecule has 3 aromatic rings. The number of benzene rings is 3. The maximum Gasteiger partial charge on any atom is 1.00 e. The van der Waals surface area contributed by atoms with Crippen molar-refractivity contribution in [2.45, 2.75) is 88.0 Å². The van der Waals surface area contributed by atoms with Crippen molar-refractivity contribution in [1.82, 2.24) is 5.06 Å². The normalized spacial score (nSPS) is 19.0. The number of fused-ring (bicyclic) bond motifs is 3. The first-order chi connectivity index (χ1) is 32.9. The van der Waals surface area contributed by atoms with Gasteiger partial charge in [-0.25, -0.2) is 30.0 Å². The van der Waals surface area contributed by atoms with Crippen molar-refractivity contribution in [3.05, 3.63) is 113 Å². The van der Waals surface area contributed by atoms with E-state index in [-0.39, 0.29) is 117 Å². The number of anilines is 1. The maximum atomic E-state index is 13.0. The molecule has 0 spiro atoms. The van der Waals surface area contributed by atoms with Crippen molar-refractivity contribution in [3.63, 3.8) is 0 Å². The molecule has 2 amide bonds. The first-order valence-electron chi connectivity index (χ1n) is 22.6. The SMILES string of the molecule is COCCC1=CC(C)(C)N(CCCS(=O)(=O)[O-])c2cc3c(cc21)C(=CC=CC1=[N+](CCCS(=O)(=O)[O-])c2ccc(S(=O)(=O)[O-])cc2C1(C)CCCC(=O)ON1C(=O)CCC1=O)C=C(c1ccccc1)O3.[Na+].[Na+]. The zero-order valence-electron chi connectivity index (χ0n) is 41.0. The van der Waals surface area contributed by atoms with Gasteiger partial charge >= 0.3 is 65.1 Å². The molecule has 4 aliphatic rings. The van der Waals surface area contributed by atoms with Crippen molar-refractivity contribution in [2.75, 3.05) is 43.2 Å². The van der Waals surface area contributed by atoms with Gasteiger partial charge in [-0.15, -0.1) is 5.06 Å². The largest absolute Gasteiger partial charge is 1.00 e. The van der Waals surface area contributed by atoms with Crippen LogP contribution in [0.25, 0.3) is 16.9 Å². The minimum Gasteiger partial charge on any atom is -0.748 e. The molecule has 0 bridgehead atoms. The third-order valence-electron chi connectivity index (χ3n) is 12.7. The van der Waals surface area contributed by atoms with Crippen LogP contribution in [0.5, 0.6) is 5.75 Å². The van der Waals surface area contributed by atoms with Gasteiger partial charge in [-0.3, -0.25) is 9.59 Å². The summed E-state index contributed by atoms with van der Waals surface area (Å²) in [7, 11) is -12.5. The molecule has 4 heterocycles. The number of hydroxylamine groups is 2. The molecule has 0 radical (unpaired) electrons. The molecule has 0 aromatic heterocycles. The number of carbonyl (C=O) groups excluding carboxylic acids is 3. The summed E-state index contributed by atoms with van der Waals surface area (Å²) >= 11 is 0. The number of methoxy groups -OCH3 is 1. The predicted octanol–water partition coefficient (Wildman–Crippen LogP) is -0.305. The van der Waals surface area contributed by atoms with E-state index in [1.54, 1.807) is 30.8 Å². The molecule has 3 aromatic carbocycles. The van der Waals surface area contributed by atoms with Gasteiger partial charge in [0.25, 0.3) is 11.8 Å². The van der Waals surface area contributed by atoms with Gasteiger partial charge in [0.2, 0.25) is 5.69 Å². The third kappa shape index (κ3) is 13.9. The van der Waals surface area contributed by atoms with Gasteiger partial charge in [-0.1, -0.05) is 48.6 Å². The zero-order valence-corrected chi connectivity index (χ0v) is 47.5. The van der Waals surface area contributed by atoms with E-state index in [4.69, 9.17) is 14.3 Å². The standard InChI is InChI=1S/C49H55N3O15S3.2Na/c1-48(2)32-35(21-25-65-4)37-30-38-34(28-42(33-12-6-5-7-13-33)66-43(38)31-41(37)51(48)24-11-27-69(59,60)61)14-8-15-44-49(3,22-9-16-47(55)67-52-45(53)19-20-46(52)54)39-29-36(70(62,63)64)17-18-40(39)50(44)23-10-26-68(56,57)58;;/h5-8,12-15,17-18,28-32H,9-11,16,19-27H2,1-4H3,(H2-,56,57,58,59,60,61,62,63,64);;/q;2*+1/p-2. The number of allylic oxidation sites excluding steroid dienone is 5. The minimum atomic E-state index is -4.97. The first kappa shape index (κ1) is 59.1. The van der Waals surface area contributed by atoms with E-state index in [9.17, 15) is 53.3 Å². The molecule has 18 nitrogen and oxygen atoms in total. The quantitative estimate of drug-likeness (QED) is 0.0609. The number of hydrogen-bond acceptors (Lipinski definition) is 16. The van der Waals surface area contributed by atoms with Gasteiger partial charge in [0.1, 0.15) is 28.2 Å². The fourth-order valence-corrected chi connectivity index (χ4v) is 10.9. The second kappa shape index (κ2) is 23.8. The van der Waals surface area contributed by atoms with Gasteiger partial charge in [-0.2, -0.15) is 4.58 Å². The van der Waals surface area contributed by atoms with Crippen LogP contribution in [0.1, 0.15) is 94.4 Å². The van der Waals surface area contributed by atoms with E-state index in [2.05, 4.69) is 6.08 Å². The molecule has 0 aliphatic carbocycles. The van der Waals surface area contributed by atoms with Crippen molar-refractivity contribution in [2.24, 2.45) is 0 Å². The fraction of sp³-hybridized carbons (Fsp3) is 0.388. The third-order valence-corrected chi connectivity index (χ3v) is 15.2. The summed E-state index contributed by atoms with van der Waals surface area (Å²) in [5.74, 6) is -2.41. The van der Waals surface area contributed by atoms with Crippen LogP contribution in [0.2, 0.25) is 0 Å². The van der Waals surface area contributed by atoms with Crippen LogP contribution < -0.4 is 68.8 Å². The van der Waals surface area contributed by atoms with Crippen LogP contribution in [-0.2, 0) is 59.7 Å². The average molecular weight is 1070 g/mol. The first-order valence-corrected chi connectivity index (χ1v) is 27.1. The molecule has 4 aliphatic heterocycles. The minimum absolute atomic E-state index is 0. The number of nitrogens with zero attached hydrogens (tertiary/aromatic N) is 3. The number of hydrogen-bond donors (Lipinski definition) is 0. The van der Waals surface area contributed by atoms with Crippen LogP contribution in [0.4, 0.5) is 11.4 Å². The molecule has 1 fully saturated rings. The van der Waals surface area contributed by atoms with Crippen LogP contribution in [0, 0.1) is 0 Å². The Labute approximate surface area is 464 Å². The van der Waals surface area contributed by atoms with Gasteiger partial charge in [0, 0.05) is 97.0 Å². The number of ether oxygens (including phenoxy) is 2.